The largest absolute Gasteiger partial charge is 0.448 e. The van der Waals surface area contributed by atoms with Crippen molar-refractivity contribution in [2.24, 2.45) is 0 Å². The molecular formula is C13H17NO7. The first-order valence-corrected chi connectivity index (χ1v) is 7.00. The average molecular weight is 299 g/mol. The lowest BCUT2D eigenvalue weighted by molar-refractivity contribution is -0.282. The number of rotatable bonds is 1. The van der Waals surface area contributed by atoms with E-state index in [9.17, 15) is 9.59 Å². The predicted molar refractivity (Wildman–Crippen MR) is 64.6 cm³/mol. The molecular weight excluding hydrogens is 282 g/mol. The fourth-order valence-corrected chi connectivity index (χ4v) is 3.33. The normalized spacial score (nSPS) is 46.4. The van der Waals surface area contributed by atoms with Gasteiger partial charge in [-0.05, 0) is 13.8 Å². The van der Waals surface area contributed by atoms with Gasteiger partial charge in [0, 0.05) is 6.92 Å². The van der Waals surface area contributed by atoms with Crippen LogP contribution >= 0.6 is 0 Å². The SMILES string of the molecule is CC(=O)O[C@H]1C(=O)N2C[C@H]3O[C@@H]4OC(C)(C)O[C@@H]4[C@H]3O[C@@H]12. The van der Waals surface area contributed by atoms with E-state index in [0.717, 1.165) is 0 Å². The molecule has 4 aliphatic rings. The molecule has 0 aliphatic carbocycles. The van der Waals surface area contributed by atoms with Gasteiger partial charge in [-0.25, -0.2) is 0 Å². The summed E-state index contributed by atoms with van der Waals surface area (Å²) in [7, 11) is 0. The van der Waals surface area contributed by atoms with Crippen LogP contribution in [0.4, 0.5) is 0 Å². The summed E-state index contributed by atoms with van der Waals surface area (Å²) in [5.41, 5.74) is 0. The highest BCUT2D eigenvalue weighted by molar-refractivity contribution is 5.90. The number of carbonyl (C=O) groups is 2. The van der Waals surface area contributed by atoms with Crippen molar-refractivity contribution in [2.45, 2.75) is 63.5 Å². The summed E-state index contributed by atoms with van der Waals surface area (Å²) in [6.45, 7) is 5.29. The molecule has 0 N–H and O–H groups in total. The van der Waals surface area contributed by atoms with Gasteiger partial charge in [0.15, 0.2) is 18.3 Å². The Bertz CT molecular complexity index is 507. The molecule has 4 rings (SSSR count). The van der Waals surface area contributed by atoms with Crippen LogP contribution in [0.5, 0.6) is 0 Å². The minimum atomic E-state index is -0.863. The highest BCUT2D eigenvalue weighted by Gasteiger charge is 2.63. The molecule has 0 aromatic heterocycles. The Morgan fingerprint density at radius 1 is 1.29 bits per heavy atom. The van der Waals surface area contributed by atoms with E-state index in [-0.39, 0.29) is 24.2 Å². The Morgan fingerprint density at radius 2 is 2.05 bits per heavy atom. The molecule has 0 bridgehead atoms. The second-order valence-corrected chi connectivity index (χ2v) is 6.15. The molecule has 4 aliphatic heterocycles. The molecule has 4 fully saturated rings. The zero-order valence-corrected chi connectivity index (χ0v) is 12.0. The van der Waals surface area contributed by atoms with Crippen molar-refractivity contribution in [1.82, 2.24) is 4.90 Å². The van der Waals surface area contributed by atoms with Crippen LogP contribution in [0.3, 0.4) is 0 Å². The van der Waals surface area contributed by atoms with E-state index >= 15 is 0 Å². The Labute approximate surface area is 121 Å². The summed E-state index contributed by atoms with van der Waals surface area (Å²) >= 11 is 0. The summed E-state index contributed by atoms with van der Waals surface area (Å²) < 4.78 is 28.1. The van der Waals surface area contributed by atoms with Gasteiger partial charge >= 0.3 is 5.97 Å². The topological polar surface area (TPSA) is 83.5 Å². The Balaban J connectivity index is 1.50. The van der Waals surface area contributed by atoms with Crippen molar-refractivity contribution in [3.05, 3.63) is 0 Å². The number of nitrogens with zero attached hydrogens (tertiary/aromatic N) is 1. The standard InChI is InChI=1S/C13H17NO7/c1-5(15)17-9-10(16)14-4-6-7(19-11(9)14)8-12(18-6)21-13(2,3)20-8/h6-9,11-12H,4H2,1-3H3/t6-,7+,8-,9+,11+,12-/m1/s1. The molecule has 0 aromatic carbocycles. The Morgan fingerprint density at radius 3 is 2.76 bits per heavy atom. The lowest BCUT2D eigenvalue weighted by atomic mass is 10.00. The molecule has 8 nitrogen and oxygen atoms in total. The molecule has 0 unspecified atom stereocenters. The lowest BCUT2D eigenvalue weighted by Crippen LogP contribution is -2.73. The number of β-lactam (4-membered cyclic amide) rings is 1. The van der Waals surface area contributed by atoms with Crippen molar-refractivity contribution in [2.75, 3.05) is 6.54 Å². The first kappa shape index (κ1) is 13.4. The van der Waals surface area contributed by atoms with Crippen molar-refractivity contribution in [1.29, 1.82) is 0 Å². The zero-order chi connectivity index (χ0) is 14.9. The van der Waals surface area contributed by atoms with Crippen LogP contribution in [-0.2, 0) is 33.3 Å². The number of hydrogen-bond acceptors (Lipinski definition) is 7. The molecule has 1 amide bonds. The van der Waals surface area contributed by atoms with E-state index in [1.807, 2.05) is 13.8 Å². The average Bonchev–Trinajstić information content (AvgIpc) is 2.85. The van der Waals surface area contributed by atoms with Gasteiger partial charge in [-0.15, -0.1) is 0 Å². The number of ether oxygens (including phenoxy) is 5. The first-order chi connectivity index (χ1) is 9.85. The number of amides is 1. The fraction of sp³-hybridized carbons (Fsp3) is 0.846. The maximum absolute atomic E-state index is 11.9. The second-order valence-electron chi connectivity index (χ2n) is 6.15. The molecule has 4 heterocycles. The Kier molecular flexibility index (Phi) is 2.66. The van der Waals surface area contributed by atoms with Crippen molar-refractivity contribution < 1.29 is 33.3 Å². The van der Waals surface area contributed by atoms with E-state index < -0.39 is 30.4 Å². The van der Waals surface area contributed by atoms with Gasteiger partial charge in [-0.3, -0.25) is 9.59 Å². The molecule has 116 valence electrons. The summed E-state index contributed by atoms with van der Waals surface area (Å²) in [5.74, 6) is -1.47. The molecule has 0 saturated carbocycles. The molecule has 21 heavy (non-hydrogen) atoms. The smallest absolute Gasteiger partial charge is 0.303 e. The van der Waals surface area contributed by atoms with E-state index in [2.05, 4.69) is 0 Å². The first-order valence-electron chi connectivity index (χ1n) is 7.00. The van der Waals surface area contributed by atoms with Gasteiger partial charge < -0.3 is 28.6 Å². The van der Waals surface area contributed by atoms with Crippen molar-refractivity contribution in [3.8, 4) is 0 Å². The van der Waals surface area contributed by atoms with Crippen LogP contribution < -0.4 is 0 Å². The van der Waals surface area contributed by atoms with Gasteiger partial charge in [-0.1, -0.05) is 0 Å². The third kappa shape index (κ3) is 1.90. The lowest BCUT2D eigenvalue weighted by Gasteiger charge is -2.51. The number of carbonyl (C=O) groups excluding carboxylic acids is 2. The van der Waals surface area contributed by atoms with Gasteiger partial charge in [0.2, 0.25) is 6.10 Å². The van der Waals surface area contributed by atoms with Crippen molar-refractivity contribution >= 4 is 11.9 Å². The second kappa shape index (κ2) is 4.16. The summed E-state index contributed by atoms with van der Waals surface area (Å²) in [4.78, 5) is 24.5. The van der Waals surface area contributed by atoms with Crippen LogP contribution in [0.1, 0.15) is 20.8 Å². The highest BCUT2D eigenvalue weighted by atomic mass is 16.8. The van der Waals surface area contributed by atoms with E-state index in [4.69, 9.17) is 23.7 Å². The van der Waals surface area contributed by atoms with Crippen LogP contribution in [0.25, 0.3) is 0 Å². The predicted octanol–water partition coefficient (Wildman–Crippen LogP) is -0.638. The van der Waals surface area contributed by atoms with Gasteiger partial charge in [0.05, 0.1) is 6.54 Å². The molecule has 0 spiro atoms. The van der Waals surface area contributed by atoms with Crippen LogP contribution in [0.2, 0.25) is 0 Å². The fourth-order valence-electron chi connectivity index (χ4n) is 3.33. The van der Waals surface area contributed by atoms with Crippen LogP contribution in [-0.4, -0.2) is 66.0 Å². The third-order valence-corrected chi connectivity index (χ3v) is 4.15. The number of esters is 1. The van der Waals surface area contributed by atoms with Crippen molar-refractivity contribution in [3.63, 3.8) is 0 Å². The summed E-state index contributed by atoms with van der Waals surface area (Å²) in [6.07, 6.45) is -2.86. The van der Waals surface area contributed by atoms with Gasteiger partial charge in [0.25, 0.3) is 5.91 Å². The van der Waals surface area contributed by atoms with E-state index in [1.54, 1.807) is 0 Å². The minimum absolute atomic E-state index is 0.253. The molecule has 8 heteroatoms. The van der Waals surface area contributed by atoms with Gasteiger partial charge in [0.1, 0.15) is 18.3 Å². The third-order valence-electron chi connectivity index (χ3n) is 4.15. The van der Waals surface area contributed by atoms with Gasteiger partial charge in [-0.2, -0.15) is 0 Å². The maximum atomic E-state index is 11.9. The zero-order valence-electron chi connectivity index (χ0n) is 12.0. The quantitative estimate of drug-likeness (QED) is 0.470. The van der Waals surface area contributed by atoms with Crippen LogP contribution in [0, 0.1) is 0 Å². The molecule has 6 atom stereocenters. The minimum Gasteiger partial charge on any atom is -0.448 e. The monoisotopic (exact) mass is 299 g/mol. The van der Waals surface area contributed by atoms with Crippen LogP contribution in [0.15, 0.2) is 0 Å². The summed E-state index contributed by atoms with van der Waals surface area (Å²) in [6, 6.07) is 0. The van der Waals surface area contributed by atoms with E-state index in [0.29, 0.717) is 6.54 Å². The number of fused-ring (bicyclic) bond motifs is 4. The molecule has 0 radical (unpaired) electrons. The number of hydrogen-bond donors (Lipinski definition) is 0. The molecule has 4 saturated heterocycles. The highest BCUT2D eigenvalue weighted by Crippen LogP contribution is 2.43. The summed E-state index contributed by atoms with van der Waals surface area (Å²) in [5, 5.41) is 0. The molecule has 0 aromatic rings. The van der Waals surface area contributed by atoms with E-state index in [1.165, 1.54) is 11.8 Å². The Hall–Kier alpha value is -1.22. The maximum Gasteiger partial charge on any atom is 0.303 e.